The van der Waals surface area contributed by atoms with Crippen LogP contribution in [0.3, 0.4) is 0 Å². The highest BCUT2D eigenvalue weighted by Crippen LogP contribution is 2.07. The molecule has 1 aliphatic carbocycles. The molecule has 0 amide bonds. The van der Waals surface area contributed by atoms with Gasteiger partial charge in [0.1, 0.15) is 5.57 Å². The average molecular weight is 238 g/mol. The van der Waals surface area contributed by atoms with Crippen LogP contribution >= 0.6 is 12.6 Å². The molecule has 3 heteroatoms. The molecule has 0 radical (unpaired) electrons. The average Bonchev–Trinajstić information content (AvgIpc) is 2.81. The van der Waals surface area contributed by atoms with Crippen molar-refractivity contribution in [2.75, 3.05) is 12.4 Å². The molecule has 0 atom stereocenters. The number of unbranched alkanes of at least 4 members (excludes halogenated alkanes) is 4. The Morgan fingerprint density at radius 2 is 2.00 bits per heavy atom. The Morgan fingerprint density at radius 3 is 2.69 bits per heavy atom. The minimum Gasteiger partial charge on any atom is -0.462 e. The predicted molar refractivity (Wildman–Crippen MR) is 68.6 cm³/mol. The minimum atomic E-state index is -0.264. The van der Waals surface area contributed by atoms with E-state index in [2.05, 4.69) is 18.4 Å². The van der Waals surface area contributed by atoms with Crippen LogP contribution < -0.4 is 0 Å². The van der Waals surface area contributed by atoms with Crippen LogP contribution in [0.1, 0.15) is 32.1 Å². The minimum absolute atomic E-state index is 0.264. The number of thiol groups is 1. The molecule has 0 bridgehead atoms. The molecule has 0 saturated heterocycles. The molecule has 0 spiro atoms. The summed E-state index contributed by atoms with van der Waals surface area (Å²) in [5.74, 6) is 0.697. The highest BCUT2D eigenvalue weighted by molar-refractivity contribution is 7.80. The van der Waals surface area contributed by atoms with E-state index in [1.54, 1.807) is 18.2 Å². The van der Waals surface area contributed by atoms with Gasteiger partial charge in [-0.1, -0.05) is 25.3 Å². The Bertz CT molecular complexity index is 312. The number of ether oxygens (including phenoxy) is 1. The second-order valence-corrected chi connectivity index (χ2v) is 4.16. The fourth-order valence-electron chi connectivity index (χ4n) is 1.44. The first-order valence-electron chi connectivity index (χ1n) is 5.76. The van der Waals surface area contributed by atoms with Gasteiger partial charge in [0, 0.05) is 0 Å². The lowest BCUT2D eigenvalue weighted by Gasteiger charge is -2.03. The molecule has 16 heavy (non-hydrogen) atoms. The summed E-state index contributed by atoms with van der Waals surface area (Å²) in [4.78, 5) is 11.4. The van der Waals surface area contributed by atoms with Gasteiger partial charge in [-0.05, 0) is 30.7 Å². The van der Waals surface area contributed by atoms with Crippen LogP contribution in [0.4, 0.5) is 0 Å². The Balaban J connectivity index is 1.97. The van der Waals surface area contributed by atoms with E-state index < -0.39 is 0 Å². The summed E-state index contributed by atoms with van der Waals surface area (Å²) in [6.45, 7) is 0.513. The maximum atomic E-state index is 11.4. The normalized spacial score (nSPS) is 12.9. The molecule has 1 aliphatic rings. The third-order valence-corrected chi connectivity index (χ3v) is 2.67. The Morgan fingerprint density at radius 1 is 1.25 bits per heavy atom. The number of carbonyl (C=O) groups is 1. The van der Waals surface area contributed by atoms with Crippen molar-refractivity contribution in [3.63, 3.8) is 0 Å². The maximum Gasteiger partial charge on any atom is 0.346 e. The van der Waals surface area contributed by atoms with Gasteiger partial charge in [-0.15, -0.1) is 5.73 Å². The van der Waals surface area contributed by atoms with E-state index in [-0.39, 0.29) is 5.97 Å². The zero-order valence-electron chi connectivity index (χ0n) is 9.45. The van der Waals surface area contributed by atoms with Gasteiger partial charge in [0.05, 0.1) is 6.61 Å². The molecular formula is C13H18O2S. The second kappa shape index (κ2) is 8.26. The molecule has 0 aliphatic heterocycles. The molecule has 2 nitrogen and oxygen atoms in total. The van der Waals surface area contributed by atoms with Gasteiger partial charge in [-0.3, -0.25) is 0 Å². The van der Waals surface area contributed by atoms with Crippen molar-refractivity contribution < 1.29 is 9.53 Å². The summed E-state index contributed by atoms with van der Waals surface area (Å²) in [6, 6.07) is 0. The number of hydrogen-bond acceptors (Lipinski definition) is 3. The van der Waals surface area contributed by atoms with Gasteiger partial charge >= 0.3 is 5.97 Å². The number of carbonyl (C=O) groups excluding carboxylic acids is 1. The fraction of sp³-hybridized carbons (Fsp3) is 0.538. The summed E-state index contributed by atoms with van der Waals surface area (Å²) >= 11 is 4.15. The summed E-state index contributed by atoms with van der Waals surface area (Å²) in [6.07, 6.45) is 10.9. The van der Waals surface area contributed by atoms with Crippen LogP contribution in [0.25, 0.3) is 0 Å². The van der Waals surface area contributed by atoms with Crippen molar-refractivity contribution in [1.29, 1.82) is 0 Å². The van der Waals surface area contributed by atoms with E-state index in [1.165, 1.54) is 19.3 Å². The van der Waals surface area contributed by atoms with Gasteiger partial charge in [0.25, 0.3) is 0 Å². The lowest BCUT2D eigenvalue weighted by Crippen LogP contribution is -2.06. The highest BCUT2D eigenvalue weighted by atomic mass is 32.1. The van der Waals surface area contributed by atoms with Crippen LogP contribution in [0.5, 0.6) is 0 Å². The van der Waals surface area contributed by atoms with Gasteiger partial charge in [0.2, 0.25) is 0 Å². The first-order chi connectivity index (χ1) is 7.84. The van der Waals surface area contributed by atoms with Crippen LogP contribution in [0, 0.1) is 0 Å². The largest absolute Gasteiger partial charge is 0.462 e. The van der Waals surface area contributed by atoms with Crippen molar-refractivity contribution in [2.24, 2.45) is 0 Å². The van der Waals surface area contributed by atoms with Crippen LogP contribution in [0.2, 0.25) is 0 Å². The lowest BCUT2D eigenvalue weighted by molar-refractivity contribution is -0.138. The Kier molecular flexibility index (Phi) is 6.78. The van der Waals surface area contributed by atoms with Crippen molar-refractivity contribution in [2.45, 2.75) is 32.1 Å². The van der Waals surface area contributed by atoms with Crippen molar-refractivity contribution in [3.8, 4) is 0 Å². The van der Waals surface area contributed by atoms with E-state index in [9.17, 15) is 4.79 Å². The van der Waals surface area contributed by atoms with Gasteiger partial charge in [-0.25, -0.2) is 4.79 Å². The van der Waals surface area contributed by atoms with Gasteiger partial charge < -0.3 is 4.74 Å². The third kappa shape index (κ3) is 5.24. The van der Waals surface area contributed by atoms with E-state index in [0.29, 0.717) is 12.2 Å². The van der Waals surface area contributed by atoms with Crippen molar-refractivity contribution in [1.82, 2.24) is 0 Å². The highest BCUT2D eigenvalue weighted by Gasteiger charge is 2.08. The standard InChI is InChI=1S/C13H18O2S/c14-13(12-8-4-5-9-12)15-10-6-2-1-3-7-11-16/h4-5,8,16H,1-3,6-7,10-11H2. The summed E-state index contributed by atoms with van der Waals surface area (Å²) < 4.78 is 5.11. The number of hydrogen-bond donors (Lipinski definition) is 1. The van der Waals surface area contributed by atoms with Gasteiger partial charge in [-0.2, -0.15) is 12.6 Å². The number of esters is 1. The molecule has 0 aromatic rings. The SMILES string of the molecule is O=C(OCCCCCCCS)C1=C=CC=C1. The Labute approximate surface area is 102 Å². The molecule has 1 rings (SSSR count). The molecule has 0 aromatic carbocycles. The molecule has 0 aromatic heterocycles. The van der Waals surface area contributed by atoms with Crippen molar-refractivity contribution >= 4 is 18.6 Å². The lowest BCUT2D eigenvalue weighted by atomic mass is 10.2. The quantitative estimate of drug-likeness (QED) is 0.304. The van der Waals surface area contributed by atoms with E-state index in [0.717, 1.165) is 18.6 Å². The first-order valence-corrected chi connectivity index (χ1v) is 6.39. The smallest absolute Gasteiger partial charge is 0.346 e. The summed E-state index contributed by atoms with van der Waals surface area (Å²) in [7, 11) is 0. The molecule has 0 heterocycles. The molecule has 0 saturated carbocycles. The molecular weight excluding hydrogens is 220 g/mol. The molecule has 88 valence electrons. The van der Waals surface area contributed by atoms with Crippen LogP contribution in [0.15, 0.2) is 29.5 Å². The topological polar surface area (TPSA) is 26.3 Å². The maximum absolute atomic E-state index is 11.4. The molecule has 0 unspecified atom stereocenters. The van der Waals surface area contributed by atoms with E-state index in [4.69, 9.17) is 4.74 Å². The molecule has 0 fully saturated rings. The van der Waals surface area contributed by atoms with Gasteiger partial charge in [0.15, 0.2) is 0 Å². The van der Waals surface area contributed by atoms with Crippen molar-refractivity contribution in [3.05, 3.63) is 29.5 Å². The fourth-order valence-corrected chi connectivity index (χ4v) is 1.67. The zero-order chi connectivity index (χ0) is 11.6. The van der Waals surface area contributed by atoms with Crippen LogP contribution in [-0.4, -0.2) is 18.3 Å². The Hall–Kier alpha value is -0.920. The predicted octanol–water partition coefficient (Wildman–Crippen LogP) is 3.06. The number of allylic oxidation sites excluding steroid dienone is 1. The monoisotopic (exact) mass is 238 g/mol. The summed E-state index contributed by atoms with van der Waals surface area (Å²) in [5.41, 5.74) is 3.35. The zero-order valence-corrected chi connectivity index (χ0v) is 10.3. The second-order valence-electron chi connectivity index (χ2n) is 3.71. The first kappa shape index (κ1) is 13.1. The molecule has 0 N–H and O–H groups in total. The van der Waals surface area contributed by atoms with Crippen LogP contribution in [-0.2, 0) is 9.53 Å². The number of rotatable bonds is 8. The summed E-state index contributed by atoms with van der Waals surface area (Å²) in [5, 5.41) is 0. The van der Waals surface area contributed by atoms with E-state index >= 15 is 0 Å². The van der Waals surface area contributed by atoms with E-state index in [1.807, 2.05) is 0 Å². The third-order valence-electron chi connectivity index (χ3n) is 2.35.